The first-order chi connectivity index (χ1) is 4.81. The summed E-state index contributed by atoms with van der Waals surface area (Å²) in [6.07, 6.45) is 1.79. The van der Waals surface area contributed by atoms with E-state index < -0.39 is 16.5 Å². The fraction of sp³-hybridized carbons (Fsp3) is 0.167. The Hall–Kier alpha value is 0.298. The van der Waals surface area contributed by atoms with E-state index >= 15 is 0 Å². The molecule has 0 saturated carbocycles. The average molecular weight is 411 g/mol. The van der Waals surface area contributed by atoms with Crippen LogP contribution in [0.1, 0.15) is 5.69 Å². The molecule has 0 spiro atoms. The van der Waals surface area contributed by atoms with Crippen LogP contribution in [0.25, 0.3) is 6.15 Å². The van der Waals surface area contributed by atoms with Crippen molar-refractivity contribution in [2.24, 2.45) is 0 Å². The maximum Gasteiger partial charge on any atom is -0.693 e. The van der Waals surface area contributed by atoms with Crippen molar-refractivity contribution in [3.63, 3.8) is 0 Å². The first-order valence-corrected chi connectivity index (χ1v) is 8.14. The Morgan fingerprint density at radius 2 is 1.69 bits per heavy atom. The molecule has 0 radical (unpaired) electrons. The molecule has 1 rings (SSSR count). The maximum atomic E-state index is 4.88. The average Bonchev–Trinajstić information content (AvgIpc) is 1.91. The number of hydrogen-bond acceptors (Lipinski definition) is 1. The minimum Gasteiger partial charge on any atom is -0.693 e. The molecule has 1 heterocycles. The third-order valence-electron chi connectivity index (χ3n) is 0.813. The van der Waals surface area contributed by atoms with Crippen LogP contribution in [0, 0.1) is 6.92 Å². The van der Waals surface area contributed by atoms with E-state index in [2.05, 4.69) is 4.98 Å². The minimum absolute atomic E-state index is 0. The summed E-state index contributed by atoms with van der Waals surface area (Å²) >= 11 is -0.472. The van der Waals surface area contributed by atoms with Gasteiger partial charge in [-0.3, -0.25) is 4.98 Å². The molecule has 0 aliphatic rings. The predicted molar refractivity (Wildman–Crippen MR) is 53.2 cm³/mol. The quantitative estimate of drug-likeness (QED) is 0.638. The summed E-state index contributed by atoms with van der Waals surface area (Å²) in [6, 6.07) is 5.86. The monoisotopic (exact) mass is 410 g/mol. The number of aromatic nitrogens is 1. The Morgan fingerprint density at radius 1 is 1.23 bits per heavy atom. The van der Waals surface area contributed by atoms with Crippen LogP contribution in [0.5, 0.6) is 0 Å². The zero-order valence-corrected chi connectivity index (χ0v) is 10.7. The van der Waals surface area contributed by atoms with Crippen LogP contribution in [0.3, 0.4) is 0 Å². The standard InChI is InChI=1S/C6H7N.2ClH.H2N.2H2O.Pt/c1-6-4-2-3-5-7-6;;;;;;/h2-5H,1H3;2*1H;3*1H2;/q;;;-1;;;+2/p-2. The van der Waals surface area contributed by atoms with Gasteiger partial charge >= 0.3 is 35.3 Å². The molecule has 1 aromatic heterocycles. The topological polar surface area (TPSA) is 109 Å². The van der Waals surface area contributed by atoms with Crippen LogP contribution >= 0.6 is 18.8 Å². The Kier molecular flexibility index (Phi) is 32.5. The summed E-state index contributed by atoms with van der Waals surface area (Å²) < 4.78 is 0. The van der Waals surface area contributed by atoms with Crippen LogP contribution in [0.2, 0.25) is 0 Å². The number of rotatable bonds is 0. The van der Waals surface area contributed by atoms with Crippen molar-refractivity contribution in [1.29, 1.82) is 0 Å². The van der Waals surface area contributed by atoms with Crippen molar-refractivity contribution in [3.05, 3.63) is 36.2 Å². The number of halogens is 2. The maximum absolute atomic E-state index is 4.88. The van der Waals surface area contributed by atoms with Gasteiger partial charge < -0.3 is 17.1 Å². The molecule has 7 heteroatoms. The van der Waals surface area contributed by atoms with E-state index in [-0.39, 0.29) is 17.1 Å². The fourth-order valence-corrected chi connectivity index (χ4v) is 0.448. The largest absolute Gasteiger partial charge is 0.693 e. The van der Waals surface area contributed by atoms with Gasteiger partial charge in [0.2, 0.25) is 0 Å². The van der Waals surface area contributed by atoms with Crippen molar-refractivity contribution >= 4 is 18.8 Å². The third-order valence-corrected chi connectivity index (χ3v) is 0.813. The van der Waals surface area contributed by atoms with Gasteiger partial charge in [-0.2, -0.15) is 0 Å². The molecule has 0 saturated heterocycles. The Balaban J connectivity index is -0.0000000615. The summed E-state index contributed by atoms with van der Waals surface area (Å²) in [6.45, 7) is 1.97. The molecular weight excluding hydrogens is 398 g/mol. The van der Waals surface area contributed by atoms with Crippen LogP contribution in [0.15, 0.2) is 24.4 Å². The van der Waals surface area contributed by atoms with E-state index in [0.29, 0.717) is 0 Å². The summed E-state index contributed by atoms with van der Waals surface area (Å²) in [7, 11) is 9.75. The molecule has 1 aromatic rings. The molecule has 0 fully saturated rings. The number of hydrogen-bond donors (Lipinski definition) is 0. The molecule has 13 heavy (non-hydrogen) atoms. The molecule has 0 aliphatic carbocycles. The van der Waals surface area contributed by atoms with Gasteiger partial charge in [0.05, 0.1) is 0 Å². The molecule has 0 aliphatic heterocycles. The zero-order valence-electron chi connectivity index (χ0n) is 6.91. The van der Waals surface area contributed by atoms with E-state index in [4.69, 9.17) is 18.8 Å². The van der Waals surface area contributed by atoms with Gasteiger partial charge in [-0.05, 0) is 19.1 Å². The normalized spacial score (nSPS) is 6.38. The van der Waals surface area contributed by atoms with Crippen LogP contribution in [-0.4, -0.2) is 15.9 Å². The predicted octanol–water partition coefficient (Wildman–Crippen LogP) is 1.83. The van der Waals surface area contributed by atoms with Crippen molar-refractivity contribution in [1.82, 2.24) is 4.98 Å². The van der Waals surface area contributed by atoms with E-state index in [1.54, 1.807) is 6.20 Å². The van der Waals surface area contributed by atoms with Gasteiger partial charge in [0.15, 0.2) is 0 Å². The minimum atomic E-state index is -0.472. The molecule has 6 N–H and O–H groups in total. The second-order valence-electron chi connectivity index (χ2n) is 1.52. The van der Waals surface area contributed by atoms with E-state index in [0.717, 1.165) is 5.69 Å². The third kappa shape index (κ3) is 18.9. The SMILES string of the molecule is Cc1ccccn1.O.O.[Cl][Pt][Cl].[NH2-]. The molecule has 0 amide bonds. The van der Waals surface area contributed by atoms with Gasteiger partial charge in [0.1, 0.15) is 0 Å². The number of nitrogens with zero attached hydrogens (tertiary/aromatic N) is 1. The van der Waals surface area contributed by atoms with Crippen molar-refractivity contribution < 1.29 is 27.4 Å². The van der Waals surface area contributed by atoms with Gasteiger partial charge in [-0.1, -0.05) is 6.07 Å². The zero-order chi connectivity index (χ0) is 7.82. The second-order valence-corrected chi connectivity index (χ2v) is 4.80. The van der Waals surface area contributed by atoms with E-state index in [9.17, 15) is 0 Å². The Labute approximate surface area is 94.2 Å². The van der Waals surface area contributed by atoms with E-state index in [1.807, 2.05) is 25.1 Å². The second kappa shape index (κ2) is 18.2. The summed E-state index contributed by atoms with van der Waals surface area (Å²) in [5.41, 5.74) is 1.07. The summed E-state index contributed by atoms with van der Waals surface area (Å²) in [5, 5.41) is 0. The van der Waals surface area contributed by atoms with Gasteiger partial charge in [0.25, 0.3) is 0 Å². The summed E-state index contributed by atoms with van der Waals surface area (Å²) in [4.78, 5) is 3.98. The number of pyridine rings is 1. The van der Waals surface area contributed by atoms with Gasteiger partial charge in [-0.15, -0.1) is 0 Å². The first-order valence-electron chi connectivity index (χ1n) is 2.51. The van der Waals surface area contributed by atoms with Gasteiger partial charge in [0, 0.05) is 11.9 Å². The Morgan fingerprint density at radius 3 is 1.85 bits per heavy atom. The first kappa shape index (κ1) is 23.3. The summed E-state index contributed by atoms with van der Waals surface area (Å²) in [5.74, 6) is 0. The molecule has 84 valence electrons. The number of aryl methyl sites for hydroxylation is 1. The molecule has 0 atom stereocenters. The smallest absolute Gasteiger partial charge is 0.693 e. The van der Waals surface area contributed by atoms with E-state index in [1.165, 1.54) is 0 Å². The molecular formula is C6H13Cl2N2O2Pt-. The van der Waals surface area contributed by atoms with Gasteiger partial charge in [-0.25, -0.2) is 0 Å². The van der Waals surface area contributed by atoms with Crippen LogP contribution in [0.4, 0.5) is 0 Å². The molecule has 0 bridgehead atoms. The fourth-order valence-electron chi connectivity index (χ4n) is 0.448. The molecule has 4 nitrogen and oxygen atoms in total. The van der Waals surface area contributed by atoms with Crippen LogP contribution < -0.4 is 0 Å². The molecule has 0 aromatic carbocycles. The van der Waals surface area contributed by atoms with Crippen molar-refractivity contribution in [3.8, 4) is 0 Å². The van der Waals surface area contributed by atoms with Crippen LogP contribution in [-0.2, 0) is 16.5 Å². The van der Waals surface area contributed by atoms with Crippen molar-refractivity contribution in [2.45, 2.75) is 6.92 Å². The Bertz CT molecular complexity index is 168. The number of nitrogens with two attached hydrogens (primary N) is 1. The molecule has 0 unspecified atom stereocenters. The van der Waals surface area contributed by atoms with Crippen molar-refractivity contribution in [2.75, 3.05) is 0 Å².